The molecule has 62 valence electrons. The summed E-state index contributed by atoms with van der Waals surface area (Å²) in [5, 5.41) is 0. The average Bonchev–Trinajstić information content (AvgIpc) is 1.99. The highest BCUT2D eigenvalue weighted by atomic mass is 32.1. The molecule has 0 saturated carbocycles. The molecule has 0 radical (unpaired) electrons. The summed E-state index contributed by atoms with van der Waals surface area (Å²) in [5.41, 5.74) is 7.74. The van der Waals surface area contributed by atoms with Gasteiger partial charge in [0.2, 0.25) is 0 Å². The first kappa shape index (κ1) is 10.4. The second-order valence-electron chi connectivity index (χ2n) is 2.59. The lowest BCUT2D eigenvalue weighted by Gasteiger charge is -1.97. The molecule has 0 unspecified atom stereocenters. The van der Waals surface area contributed by atoms with E-state index in [1.807, 2.05) is 13.8 Å². The van der Waals surface area contributed by atoms with Gasteiger partial charge in [0, 0.05) is 0 Å². The Balaban J connectivity index is 4.03. The van der Waals surface area contributed by atoms with Crippen LogP contribution in [-0.4, -0.2) is 4.99 Å². The van der Waals surface area contributed by atoms with Gasteiger partial charge in [-0.3, -0.25) is 0 Å². The maximum atomic E-state index is 5.41. The predicted octanol–water partition coefficient (Wildman–Crippen LogP) is 2.58. The van der Waals surface area contributed by atoms with Gasteiger partial charge in [0.25, 0.3) is 0 Å². The summed E-state index contributed by atoms with van der Waals surface area (Å²) in [7, 11) is 0. The fourth-order valence-electron chi connectivity index (χ4n) is 0.533. The van der Waals surface area contributed by atoms with Crippen molar-refractivity contribution in [3.05, 3.63) is 23.3 Å². The molecule has 0 aliphatic heterocycles. The van der Waals surface area contributed by atoms with Crippen molar-refractivity contribution in [2.45, 2.75) is 27.2 Å². The highest BCUT2D eigenvalue weighted by Crippen LogP contribution is 2.03. The molecule has 0 bridgehead atoms. The minimum atomic E-state index is 0.494. The second-order valence-corrected chi connectivity index (χ2v) is 3.03. The minimum absolute atomic E-state index is 0.494. The number of rotatable bonds is 3. The van der Waals surface area contributed by atoms with E-state index in [1.165, 1.54) is 5.57 Å². The van der Waals surface area contributed by atoms with Crippen molar-refractivity contribution < 1.29 is 0 Å². The van der Waals surface area contributed by atoms with Crippen molar-refractivity contribution in [1.29, 1.82) is 0 Å². The molecule has 11 heavy (non-hydrogen) atoms. The van der Waals surface area contributed by atoms with E-state index in [9.17, 15) is 0 Å². The van der Waals surface area contributed by atoms with Gasteiger partial charge in [-0.2, -0.15) is 0 Å². The molecular weight excluding hydrogens is 154 g/mol. The van der Waals surface area contributed by atoms with Crippen LogP contribution in [0.2, 0.25) is 0 Å². The predicted molar refractivity (Wildman–Crippen MR) is 54.6 cm³/mol. The molecule has 2 N–H and O–H groups in total. The summed E-state index contributed by atoms with van der Waals surface area (Å²) in [6.45, 7) is 6.05. The van der Waals surface area contributed by atoms with E-state index in [-0.39, 0.29) is 0 Å². The van der Waals surface area contributed by atoms with Crippen LogP contribution in [-0.2, 0) is 0 Å². The van der Waals surface area contributed by atoms with E-state index in [1.54, 1.807) is 0 Å². The van der Waals surface area contributed by atoms with Crippen LogP contribution in [0.4, 0.5) is 0 Å². The molecule has 0 aromatic rings. The van der Waals surface area contributed by atoms with Gasteiger partial charge in [0.15, 0.2) is 0 Å². The van der Waals surface area contributed by atoms with Gasteiger partial charge < -0.3 is 5.73 Å². The molecule has 0 aliphatic rings. The molecule has 0 heterocycles. The van der Waals surface area contributed by atoms with Gasteiger partial charge in [0.1, 0.15) is 0 Å². The minimum Gasteiger partial charge on any atom is -0.390 e. The number of hydrogen-bond acceptors (Lipinski definition) is 1. The number of thiocarbonyl (C=S) groups is 1. The number of nitrogens with two attached hydrogens (primary N) is 1. The van der Waals surface area contributed by atoms with E-state index in [0.29, 0.717) is 4.99 Å². The fourth-order valence-corrected chi connectivity index (χ4v) is 0.616. The Bertz CT molecular complexity index is 202. The maximum absolute atomic E-state index is 5.41. The smallest absolute Gasteiger partial charge is 0.0988 e. The van der Waals surface area contributed by atoms with Crippen LogP contribution >= 0.6 is 12.2 Å². The number of allylic oxidation sites excluding steroid dienone is 3. The fraction of sp³-hybridized carbons (Fsp3) is 0.444. The molecule has 0 aromatic heterocycles. The Labute approximate surface area is 74.0 Å². The van der Waals surface area contributed by atoms with Crippen LogP contribution in [0.5, 0.6) is 0 Å². The molecule has 0 aliphatic carbocycles. The summed E-state index contributed by atoms with van der Waals surface area (Å²) in [6.07, 6.45) is 5.08. The van der Waals surface area contributed by atoms with Gasteiger partial charge in [-0.15, -0.1) is 0 Å². The van der Waals surface area contributed by atoms with Crippen LogP contribution in [0.25, 0.3) is 0 Å². The molecule has 1 nitrogen and oxygen atoms in total. The van der Waals surface area contributed by atoms with Gasteiger partial charge in [0.05, 0.1) is 4.99 Å². The average molecular weight is 169 g/mol. The molecule has 2 heteroatoms. The zero-order chi connectivity index (χ0) is 8.85. The molecule has 0 aromatic carbocycles. The Morgan fingerprint density at radius 1 is 1.45 bits per heavy atom. The monoisotopic (exact) mass is 169 g/mol. The zero-order valence-electron chi connectivity index (χ0n) is 7.35. The van der Waals surface area contributed by atoms with E-state index < -0.39 is 0 Å². The Morgan fingerprint density at radius 3 is 2.36 bits per heavy atom. The topological polar surface area (TPSA) is 26.0 Å². The quantitative estimate of drug-likeness (QED) is 0.399. The summed E-state index contributed by atoms with van der Waals surface area (Å²) in [5.74, 6) is 0. The molecule has 0 amide bonds. The standard InChI is InChI=1S/C9H15NS/c1-4-7(2)5-6-8(3)9(10)11/h4,6H,5H2,1-3H3,(H2,10,11)/b7-4?,8-6-. The SMILES string of the molecule is CC=C(C)C/C=C(/C)C(N)=S. The van der Waals surface area contributed by atoms with Gasteiger partial charge in [-0.1, -0.05) is 29.9 Å². The van der Waals surface area contributed by atoms with E-state index in [4.69, 9.17) is 18.0 Å². The molecule has 0 saturated heterocycles. The van der Waals surface area contributed by atoms with Crippen molar-refractivity contribution in [3.63, 3.8) is 0 Å². The summed E-state index contributed by atoms with van der Waals surface area (Å²) in [6, 6.07) is 0. The largest absolute Gasteiger partial charge is 0.390 e. The zero-order valence-corrected chi connectivity index (χ0v) is 8.16. The van der Waals surface area contributed by atoms with Crippen molar-refractivity contribution in [2.24, 2.45) is 5.73 Å². The first-order valence-electron chi connectivity index (χ1n) is 3.66. The Morgan fingerprint density at radius 2 is 2.00 bits per heavy atom. The normalized spacial score (nSPS) is 13.4. The van der Waals surface area contributed by atoms with Crippen LogP contribution < -0.4 is 5.73 Å². The Kier molecular flexibility index (Phi) is 4.79. The van der Waals surface area contributed by atoms with E-state index >= 15 is 0 Å². The lowest BCUT2D eigenvalue weighted by atomic mass is 10.1. The Hall–Kier alpha value is -0.630. The third-order valence-corrected chi connectivity index (χ3v) is 1.93. The highest BCUT2D eigenvalue weighted by Gasteiger charge is 1.91. The highest BCUT2D eigenvalue weighted by molar-refractivity contribution is 7.80. The van der Waals surface area contributed by atoms with Gasteiger partial charge >= 0.3 is 0 Å². The van der Waals surface area contributed by atoms with Crippen LogP contribution in [0, 0.1) is 0 Å². The summed E-state index contributed by atoms with van der Waals surface area (Å²) in [4.78, 5) is 0.494. The van der Waals surface area contributed by atoms with Crippen molar-refractivity contribution in [3.8, 4) is 0 Å². The number of hydrogen-bond donors (Lipinski definition) is 1. The van der Waals surface area contributed by atoms with Crippen molar-refractivity contribution >= 4 is 17.2 Å². The first-order valence-corrected chi connectivity index (χ1v) is 4.07. The lowest BCUT2D eigenvalue weighted by molar-refractivity contribution is 1.18. The second kappa shape index (κ2) is 5.08. The molecule has 0 spiro atoms. The van der Waals surface area contributed by atoms with Crippen molar-refractivity contribution in [1.82, 2.24) is 0 Å². The van der Waals surface area contributed by atoms with Crippen molar-refractivity contribution in [2.75, 3.05) is 0 Å². The van der Waals surface area contributed by atoms with E-state index in [0.717, 1.165) is 12.0 Å². The third-order valence-electron chi connectivity index (χ3n) is 1.61. The summed E-state index contributed by atoms with van der Waals surface area (Å²) >= 11 is 4.80. The molecule has 0 rings (SSSR count). The van der Waals surface area contributed by atoms with Crippen LogP contribution in [0.3, 0.4) is 0 Å². The lowest BCUT2D eigenvalue weighted by Crippen LogP contribution is -2.08. The maximum Gasteiger partial charge on any atom is 0.0988 e. The van der Waals surface area contributed by atoms with Gasteiger partial charge in [-0.05, 0) is 32.8 Å². The third kappa shape index (κ3) is 4.73. The molecule has 0 atom stereocenters. The first-order chi connectivity index (χ1) is 5.07. The molecular formula is C9H15NS. The van der Waals surface area contributed by atoms with Gasteiger partial charge in [-0.25, -0.2) is 0 Å². The van der Waals surface area contributed by atoms with E-state index in [2.05, 4.69) is 19.1 Å². The summed E-state index contributed by atoms with van der Waals surface area (Å²) < 4.78 is 0. The van der Waals surface area contributed by atoms with Crippen LogP contribution in [0.15, 0.2) is 23.3 Å². The van der Waals surface area contributed by atoms with Crippen LogP contribution in [0.1, 0.15) is 27.2 Å². The molecule has 0 fully saturated rings.